The third-order valence-electron chi connectivity index (χ3n) is 3.10. The van der Waals surface area contributed by atoms with Crippen molar-refractivity contribution in [2.75, 3.05) is 20.8 Å². The number of hydrogen-bond donors (Lipinski definition) is 1. The number of methoxy groups -OCH3 is 1. The average molecular weight is 319 g/mol. The van der Waals surface area contributed by atoms with E-state index < -0.39 is 27.9 Å². The van der Waals surface area contributed by atoms with Gasteiger partial charge in [0, 0.05) is 13.7 Å². The van der Waals surface area contributed by atoms with Gasteiger partial charge in [0.25, 0.3) is 0 Å². The molecule has 0 saturated carbocycles. The quantitative estimate of drug-likeness (QED) is 0.832. The molecule has 1 heterocycles. The first-order valence-electron chi connectivity index (χ1n) is 6.27. The van der Waals surface area contributed by atoms with E-state index in [-0.39, 0.29) is 11.4 Å². The van der Waals surface area contributed by atoms with Gasteiger partial charge >= 0.3 is 5.97 Å². The minimum absolute atomic E-state index is 0.0234. The SMILES string of the molecule is CO.COC(=O)C1CCCN1S(=O)(=O)c1ccc(F)cc1. The summed E-state index contributed by atoms with van der Waals surface area (Å²) in [6.45, 7) is 0.263. The zero-order valence-electron chi connectivity index (χ0n) is 11.8. The molecule has 21 heavy (non-hydrogen) atoms. The minimum atomic E-state index is -3.79. The number of hydrogen-bond acceptors (Lipinski definition) is 5. The van der Waals surface area contributed by atoms with Gasteiger partial charge < -0.3 is 9.84 Å². The van der Waals surface area contributed by atoms with Crippen LogP contribution in [0, 0.1) is 5.82 Å². The van der Waals surface area contributed by atoms with Gasteiger partial charge in [-0.2, -0.15) is 4.31 Å². The number of rotatable bonds is 3. The fourth-order valence-corrected chi connectivity index (χ4v) is 3.79. The van der Waals surface area contributed by atoms with E-state index in [2.05, 4.69) is 4.74 Å². The fourth-order valence-electron chi connectivity index (χ4n) is 2.14. The topological polar surface area (TPSA) is 83.9 Å². The van der Waals surface area contributed by atoms with Crippen molar-refractivity contribution < 1.29 is 27.4 Å². The zero-order chi connectivity index (χ0) is 16.0. The molecule has 1 fully saturated rings. The van der Waals surface area contributed by atoms with E-state index in [1.807, 2.05) is 0 Å². The molecule has 8 heteroatoms. The first-order valence-corrected chi connectivity index (χ1v) is 7.71. The molecule has 0 amide bonds. The standard InChI is InChI=1S/C12H14FNO4S.CH4O/c1-18-12(15)11-3-2-8-14(11)19(16,17)10-6-4-9(13)5-7-10;1-2/h4-7,11H,2-3,8H2,1H3;2H,1H3. The summed E-state index contributed by atoms with van der Waals surface area (Å²) in [6.07, 6.45) is 1.04. The van der Waals surface area contributed by atoms with Crippen LogP contribution in [0.15, 0.2) is 29.2 Å². The van der Waals surface area contributed by atoms with Crippen LogP contribution in [0.5, 0.6) is 0 Å². The molecule has 1 saturated heterocycles. The van der Waals surface area contributed by atoms with Crippen molar-refractivity contribution in [3.8, 4) is 0 Å². The second kappa shape index (κ2) is 7.48. The summed E-state index contributed by atoms with van der Waals surface area (Å²) in [5.74, 6) is -1.08. The Morgan fingerprint density at radius 1 is 1.33 bits per heavy atom. The van der Waals surface area contributed by atoms with Gasteiger partial charge in [-0.1, -0.05) is 0 Å². The highest BCUT2D eigenvalue weighted by atomic mass is 32.2. The van der Waals surface area contributed by atoms with E-state index in [1.54, 1.807) is 0 Å². The molecule has 1 aliphatic rings. The summed E-state index contributed by atoms with van der Waals surface area (Å²) in [4.78, 5) is 11.5. The van der Waals surface area contributed by atoms with Gasteiger partial charge in [-0.15, -0.1) is 0 Å². The molecule has 1 N–H and O–H groups in total. The minimum Gasteiger partial charge on any atom is -0.468 e. The molecule has 1 aromatic carbocycles. The highest BCUT2D eigenvalue weighted by Gasteiger charge is 2.40. The molecule has 1 aromatic rings. The summed E-state index contributed by atoms with van der Waals surface area (Å²) in [7, 11) is -1.57. The van der Waals surface area contributed by atoms with Crippen LogP contribution < -0.4 is 0 Å². The van der Waals surface area contributed by atoms with Gasteiger partial charge in [-0.05, 0) is 37.1 Å². The molecule has 2 rings (SSSR count). The maximum Gasteiger partial charge on any atom is 0.324 e. The maximum atomic E-state index is 12.8. The molecule has 6 nitrogen and oxygen atoms in total. The molecular weight excluding hydrogens is 301 g/mol. The summed E-state index contributed by atoms with van der Waals surface area (Å²) in [5.41, 5.74) is 0. The lowest BCUT2D eigenvalue weighted by Gasteiger charge is -2.22. The molecule has 0 radical (unpaired) electrons. The molecule has 1 aliphatic heterocycles. The lowest BCUT2D eigenvalue weighted by Crippen LogP contribution is -2.41. The molecule has 0 bridgehead atoms. The highest BCUT2D eigenvalue weighted by molar-refractivity contribution is 7.89. The molecule has 0 aromatic heterocycles. The number of carbonyl (C=O) groups is 1. The van der Waals surface area contributed by atoms with E-state index in [9.17, 15) is 17.6 Å². The van der Waals surface area contributed by atoms with E-state index in [1.165, 1.54) is 19.2 Å². The van der Waals surface area contributed by atoms with Crippen LogP contribution in [0.1, 0.15) is 12.8 Å². The van der Waals surface area contributed by atoms with E-state index in [0.717, 1.165) is 23.5 Å². The van der Waals surface area contributed by atoms with Crippen molar-refractivity contribution in [2.45, 2.75) is 23.8 Å². The van der Waals surface area contributed by atoms with E-state index in [4.69, 9.17) is 5.11 Å². The van der Waals surface area contributed by atoms with Crippen molar-refractivity contribution in [1.82, 2.24) is 4.31 Å². The van der Waals surface area contributed by atoms with E-state index in [0.29, 0.717) is 12.8 Å². The van der Waals surface area contributed by atoms with Crippen molar-refractivity contribution >= 4 is 16.0 Å². The summed E-state index contributed by atoms with van der Waals surface area (Å²) >= 11 is 0. The van der Waals surface area contributed by atoms with Gasteiger partial charge in [0.05, 0.1) is 12.0 Å². The van der Waals surface area contributed by atoms with Crippen molar-refractivity contribution in [1.29, 1.82) is 0 Å². The van der Waals surface area contributed by atoms with Crippen molar-refractivity contribution in [2.24, 2.45) is 0 Å². The Balaban J connectivity index is 0.00000106. The first kappa shape index (κ1) is 17.5. The van der Waals surface area contributed by atoms with Crippen molar-refractivity contribution in [3.05, 3.63) is 30.1 Å². The maximum absolute atomic E-state index is 12.8. The monoisotopic (exact) mass is 319 g/mol. The van der Waals surface area contributed by atoms with E-state index >= 15 is 0 Å². The predicted molar refractivity (Wildman–Crippen MR) is 73.5 cm³/mol. The second-order valence-corrected chi connectivity index (χ2v) is 6.14. The average Bonchev–Trinajstić information content (AvgIpc) is 2.99. The van der Waals surface area contributed by atoms with Crippen LogP contribution in [0.3, 0.4) is 0 Å². The number of halogens is 1. The van der Waals surface area contributed by atoms with Gasteiger partial charge in [0.1, 0.15) is 11.9 Å². The Bertz CT molecular complexity index is 573. The molecular formula is C13H18FNO5S. The largest absolute Gasteiger partial charge is 0.468 e. The number of aliphatic hydroxyl groups excluding tert-OH is 1. The van der Waals surface area contributed by atoms with Crippen LogP contribution in [0.25, 0.3) is 0 Å². The third kappa shape index (κ3) is 3.78. The van der Waals surface area contributed by atoms with Gasteiger partial charge in [0.15, 0.2) is 0 Å². The number of esters is 1. The summed E-state index contributed by atoms with van der Waals surface area (Å²) in [5, 5.41) is 7.00. The van der Waals surface area contributed by atoms with Crippen LogP contribution in [-0.4, -0.2) is 50.6 Å². The second-order valence-electron chi connectivity index (χ2n) is 4.25. The predicted octanol–water partition coefficient (Wildman–Crippen LogP) is 0.760. The molecule has 118 valence electrons. The lowest BCUT2D eigenvalue weighted by molar-refractivity contribution is -0.144. The molecule has 0 aliphatic carbocycles. The third-order valence-corrected chi connectivity index (χ3v) is 5.02. The fraction of sp³-hybridized carbons (Fsp3) is 0.462. The normalized spacial score (nSPS) is 18.8. The van der Waals surface area contributed by atoms with Gasteiger partial charge in [-0.3, -0.25) is 4.79 Å². The number of nitrogens with zero attached hydrogens (tertiary/aromatic N) is 1. The number of carbonyl (C=O) groups excluding carboxylic acids is 1. The smallest absolute Gasteiger partial charge is 0.324 e. The molecule has 1 unspecified atom stereocenters. The Morgan fingerprint density at radius 3 is 2.43 bits per heavy atom. The highest BCUT2D eigenvalue weighted by Crippen LogP contribution is 2.26. The molecule has 0 spiro atoms. The summed E-state index contributed by atoms with van der Waals surface area (Å²) in [6, 6.07) is 3.75. The Hall–Kier alpha value is -1.51. The van der Waals surface area contributed by atoms with Crippen LogP contribution in [0.4, 0.5) is 4.39 Å². The van der Waals surface area contributed by atoms with Crippen LogP contribution in [-0.2, 0) is 19.6 Å². The van der Waals surface area contributed by atoms with Crippen LogP contribution >= 0.6 is 0 Å². The lowest BCUT2D eigenvalue weighted by atomic mass is 10.2. The Morgan fingerprint density at radius 2 is 1.90 bits per heavy atom. The number of sulfonamides is 1. The Kier molecular flexibility index (Phi) is 6.25. The number of benzene rings is 1. The Labute approximate surface area is 123 Å². The summed E-state index contributed by atoms with van der Waals surface area (Å²) < 4.78 is 43.3. The van der Waals surface area contributed by atoms with Crippen LogP contribution in [0.2, 0.25) is 0 Å². The zero-order valence-corrected chi connectivity index (χ0v) is 12.6. The number of ether oxygens (including phenoxy) is 1. The van der Waals surface area contributed by atoms with Gasteiger partial charge in [-0.25, -0.2) is 12.8 Å². The van der Waals surface area contributed by atoms with Gasteiger partial charge in [0.2, 0.25) is 10.0 Å². The first-order chi connectivity index (χ1) is 9.96. The molecule has 1 atom stereocenters. The van der Waals surface area contributed by atoms with Crippen molar-refractivity contribution in [3.63, 3.8) is 0 Å². The number of aliphatic hydroxyl groups is 1.